The van der Waals surface area contributed by atoms with Gasteiger partial charge in [0.05, 0.1) is 19.0 Å². The monoisotopic (exact) mass is 270 g/mol. The number of rotatable bonds is 5. The van der Waals surface area contributed by atoms with Gasteiger partial charge in [-0.05, 0) is 23.1 Å². The molecule has 1 unspecified atom stereocenters. The van der Waals surface area contributed by atoms with E-state index in [2.05, 4.69) is 5.43 Å². The molecule has 0 saturated heterocycles. The highest BCUT2D eigenvalue weighted by Crippen LogP contribution is 2.25. The molecule has 0 amide bonds. The first-order valence-electron chi connectivity index (χ1n) is 5.83. The molecule has 0 bridgehead atoms. The maximum Gasteiger partial charge on any atom is 0.147 e. The van der Waals surface area contributed by atoms with Crippen molar-refractivity contribution in [2.45, 2.75) is 25.7 Å². The minimum Gasteiger partial charge on any atom is -0.372 e. The largest absolute Gasteiger partial charge is 0.372 e. The van der Waals surface area contributed by atoms with Crippen LogP contribution in [0.3, 0.4) is 0 Å². The molecule has 2 rings (SSSR count). The maximum atomic E-state index is 11.2. The highest BCUT2D eigenvalue weighted by molar-refractivity contribution is 7.90. The summed E-state index contributed by atoms with van der Waals surface area (Å²) in [6, 6.07) is 5.88. The Kier molecular flexibility index (Phi) is 4.01. The molecule has 0 radical (unpaired) electrons. The molecular formula is C12H18N2O3S. The normalized spacial score (nSPS) is 16.6. The van der Waals surface area contributed by atoms with Crippen molar-refractivity contribution in [3.05, 3.63) is 34.9 Å². The fourth-order valence-electron chi connectivity index (χ4n) is 2.09. The van der Waals surface area contributed by atoms with Crippen LogP contribution >= 0.6 is 0 Å². The minimum atomic E-state index is -2.97. The van der Waals surface area contributed by atoms with Gasteiger partial charge in [-0.2, -0.15) is 0 Å². The van der Waals surface area contributed by atoms with Crippen LogP contribution in [0.4, 0.5) is 0 Å². The number of nitrogens with one attached hydrogen (secondary N) is 1. The van der Waals surface area contributed by atoms with Gasteiger partial charge in [0, 0.05) is 12.3 Å². The van der Waals surface area contributed by atoms with Crippen LogP contribution in [0.15, 0.2) is 18.2 Å². The summed E-state index contributed by atoms with van der Waals surface area (Å²) in [5.41, 5.74) is 6.03. The third kappa shape index (κ3) is 3.29. The zero-order valence-corrected chi connectivity index (χ0v) is 11.2. The Labute approximate surface area is 107 Å². The quantitative estimate of drug-likeness (QED) is 0.606. The molecule has 0 spiro atoms. The van der Waals surface area contributed by atoms with E-state index < -0.39 is 9.84 Å². The molecule has 5 nitrogen and oxygen atoms in total. The fraction of sp³-hybridized carbons (Fsp3) is 0.500. The first kappa shape index (κ1) is 13.5. The summed E-state index contributed by atoms with van der Waals surface area (Å²) < 4.78 is 27.7. The molecule has 6 heteroatoms. The lowest BCUT2D eigenvalue weighted by molar-refractivity contribution is 0.134. The molecule has 1 aliphatic rings. The molecule has 1 atom stereocenters. The molecule has 18 heavy (non-hydrogen) atoms. The molecule has 0 saturated carbocycles. The van der Waals surface area contributed by atoms with E-state index in [0.29, 0.717) is 19.6 Å². The van der Waals surface area contributed by atoms with Gasteiger partial charge in [0.2, 0.25) is 0 Å². The van der Waals surface area contributed by atoms with Gasteiger partial charge in [0.15, 0.2) is 0 Å². The van der Waals surface area contributed by atoms with Gasteiger partial charge in [-0.15, -0.1) is 0 Å². The molecule has 1 heterocycles. The number of fused-ring (bicyclic) bond motifs is 1. The summed E-state index contributed by atoms with van der Waals surface area (Å²) in [5.74, 6) is 5.62. The second kappa shape index (κ2) is 5.36. The summed E-state index contributed by atoms with van der Waals surface area (Å²) in [6.45, 7) is 1.27. The molecule has 1 aromatic carbocycles. The van der Waals surface area contributed by atoms with Crippen molar-refractivity contribution in [1.29, 1.82) is 0 Å². The SMILES string of the molecule is CS(=O)(=O)CCC(NN)c1ccc2c(c1)COC2. The zero-order valence-electron chi connectivity index (χ0n) is 10.3. The molecular weight excluding hydrogens is 252 g/mol. The standard InChI is InChI=1S/C12H18N2O3S/c1-18(15,16)5-4-12(14-13)9-2-3-10-7-17-8-11(10)6-9/h2-3,6,12,14H,4-5,7-8,13H2,1H3. The lowest BCUT2D eigenvalue weighted by Gasteiger charge is -2.16. The van der Waals surface area contributed by atoms with Gasteiger partial charge in [-0.1, -0.05) is 18.2 Å². The maximum absolute atomic E-state index is 11.2. The van der Waals surface area contributed by atoms with Crippen LogP contribution in [-0.2, 0) is 27.8 Å². The predicted octanol–water partition coefficient (Wildman–Crippen LogP) is 0.656. The van der Waals surface area contributed by atoms with E-state index in [1.165, 1.54) is 11.8 Å². The van der Waals surface area contributed by atoms with Gasteiger partial charge in [-0.25, -0.2) is 8.42 Å². The van der Waals surface area contributed by atoms with Crippen LogP contribution in [0.25, 0.3) is 0 Å². The zero-order chi connectivity index (χ0) is 13.2. The van der Waals surface area contributed by atoms with Gasteiger partial charge in [-0.3, -0.25) is 11.3 Å². The lowest BCUT2D eigenvalue weighted by atomic mass is 10.00. The second-order valence-electron chi connectivity index (χ2n) is 4.66. The van der Waals surface area contributed by atoms with E-state index in [0.717, 1.165) is 11.1 Å². The van der Waals surface area contributed by atoms with E-state index in [1.54, 1.807) is 0 Å². The average Bonchev–Trinajstić information content (AvgIpc) is 2.75. The van der Waals surface area contributed by atoms with E-state index in [4.69, 9.17) is 10.6 Å². The van der Waals surface area contributed by atoms with E-state index >= 15 is 0 Å². The number of ether oxygens (including phenoxy) is 1. The van der Waals surface area contributed by atoms with Crippen molar-refractivity contribution in [3.8, 4) is 0 Å². The van der Waals surface area contributed by atoms with E-state index in [-0.39, 0.29) is 11.8 Å². The summed E-state index contributed by atoms with van der Waals surface area (Å²) in [6.07, 6.45) is 1.70. The third-order valence-corrected chi connectivity index (χ3v) is 4.10. The summed E-state index contributed by atoms with van der Waals surface area (Å²) in [5, 5.41) is 0. The van der Waals surface area contributed by atoms with Gasteiger partial charge in [0.1, 0.15) is 9.84 Å². The Morgan fingerprint density at radius 2 is 2.11 bits per heavy atom. The Morgan fingerprint density at radius 1 is 1.39 bits per heavy atom. The van der Waals surface area contributed by atoms with Crippen LogP contribution < -0.4 is 11.3 Å². The summed E-state index contributed by atoms with van der Waals surface area (Å²) in [4.78, 5) is 0. The number of sulfone groups is 1. The predicted molar refractivity (Wildman–Crippen MR) is 69.3 cm³/mol. The van der Waals surface area contributed by atoms with Crippen molar-refractivity contribution in [2.75, 3.05) is 12.0 Å². The Bertz CT molecular complexity index is 528. The van der Waals surface area contributed by atoms with Crippen molar-refractivity contribution < 1.29 is 13.2 Å². The smallest absolute Gasteiger partial charge is 0.147 e. The van der Waals surface area contributed by atoms with Gasteiger partial charge in [0.25, 0.3) is 0 Å². The highest BCUT2D eigenvalue weighted by atomic mass is 32.2. The number of benzene rings is 1. The number of hydrogen-bond acceptors (Lipinski definition) is 5. The van der Waals surface area contributed by atoms with Crippen LogP contribution in [0.2, 0.25) is 0 Å². The topological polar surface area (TPSA) is 81.4 Å². The minimum absolute atomic E-state index is 0.120. The molecule has 1 aliphatic heterocycles. The van der Waals surface area contributed by atoms with Crippen LogP contribution in [0.5, 0.6) is 0 Å². The Balaban J connectivity index is 2.12. The van der Waals surface area contributed by atoms with Crippen molar-refractivity contribution in [3.63, 3.8) is 0 Å². The molecule has 0 aliphatic carbocycles. The molecule has 3 N–H and O–H groups in total. The summed E-state index contributed by atoms with van der Waals surface area (Å²) >= 11 is 0. The van der Waals surface area contributed by atoms with Gasteiger partial charge >= 0.3 is 0 Å². The fourth-order valence-corrected chi connectivity index (χ4v) is 2.75. The van der Waals surface area contributed by atoms with Crippen molar-refractivity contribution in [1.82, 2.24) is 5.43 Å². The highest BCUT2D eigenvalue weighted by Gasteiger charge is 2.17. The summed E-state index contributed by atoms with van der Waals surface area (Å²) in [7, 11) is -2.97. The molecule has 1 aromatic rings. The van der Waals surface area contributed by atoms with Crippen molar-refractivity contribution >= 4 is 9.84 Å². The lowest BCUT2D eigenvalue weighted by Crippen LogP contribution is -2.29. The number of hydrazine groups is 1. The molecule has 0 fully saturated rings. The molecule has 0 aromatic heterocycles. The third-order valence-electron chi connectivity index (χ3n) is 3.13. The first-order chi connectivity index (χ1) is 8.49. The van der Waals surface area contributed by atoms with Crippen molar-refractivity contribution in [2.24, 2.45) is 5.84 Å². The van der Waals surface area contributed by atoms with Gasteiger partial charge < -0.3 is 4.74 Å². The first-order valence-corrected chi connectivity index (χ1v) is 7.89. The number of nitrogens with two attached hydrogens (primary N) is 1. The van der Waals surface area contributed by atoms with E-state index in [1.807, 2.05) is 18.2 Å². The second-order valence-corrected chi connectivity index (χ2v) is 6.92. The molecule has 100 valence electrons. The van der Waals surface area contributed by atoms with E-state index in [9.17, 15) is 8.42 Å². The average molecular weight is 270 g/mol. The Morgan fingerprint density at radius 3 is 2.78 bits per heavy atom. The van der Waals surface area contributed by atoms with Crippen LogP contribution in [-0.4, -0.2) is 20.4 Å². The Hall–Kier alpha value is -0.950. The number of hydrogen-bond donors (Lipinski definition) is 2. The van der Waals surface area contributed by atoms with Crippen LogP contribution in [0, 0.1) is 0 Å². The van der Waals surface area contributed by atoms with Crippen LogP contribution in [0.1, 0.15) is 29.2 Å².